The van der Waals surface area contributed by atoms with Gasteiger partial charge in [-0.15, -0.1) is 0 Å². The highest BCUT2D eigenvalue weighted by atomic mass is 19.1. The maximum absolute atomic E-state index is 13.1. The number of pyridine rings is 1. The first-order chi connectivity index (χ1) is 17.8. The van der Waals surface area contributed by atoms with E-state index in [4.69, 9.17) is 10.5 Å². The van der Waals surface area contributed by atoms with E-state index in [1.54, 1.807) is 19.2 Å². The average Bonchev–Trinajstić information content (AvgIpc) is 3.20. The van der Waals surface area contributed by atoms with Gasteiger partial charge in [0.2, 0.25) is 5.88 Å². The van der Waals surface area contributed by atoms with Crippen LogP contribution < -0.4 is 15.8 Å². The molecule has 0 aliphatic carbocycles. The lowest BCUT2D eigenvalue weighted by Crippen LogP contribution is -2.11. The van der Waals surface area contributed by atoms with E-state index in [2.05, 4.69) is 36.8 Å². The molecular formula is C26H21FN8O2. The van der Waals surface area contributed by atoms with Gasteiger partial charge in [0.25, 0.3) is 5.91 Å². The molecule has 1 amide bonds. The lowest BCUT2D eigenvalue weighted by atomic mass is 10.00. The summed E-state index contributed by atoms with van der Waals surface area (Å²) in [6, 6.07) is 10.9. The van der Waals surface area contributed by atoms with Gasteiger partial charge in [-0.3, -0.25) is 4.79 Å². The van der Waals surface area contributed by atoms with E-state index in [-0.39, 0.29) is 17.8 Å². The summed E-state index contributed by atoms with van der Waals surface area (Å²) in [5, 5.41) is 3.48. The molecule has 4 heterocycles. The number of ether oxygens (including phenoxy) is 1. The zero-order valence-corrected chi connectivity index (χ0v) is 19.9. The maximum atomic E-state index is 13.1. The highest BCUT2D eigenvalue weighted by Gasteiger charge is 2.22. The molecule has 0 radical (unpaired) electrons. The Morgan fingerprint density at radius 2 is 1.70 bits per heavy atom. The van der Waals surface area contributed by atoms with Crippen LogP contribution in [0.5, 0.6) is 11.9 Å². The fourth-order valence-electron chi connectivity index (χ4n) is 3.88. The van der Waals surface area contributed by atoms with Gasteiger partial charge in [0.1, 0.15) is 17.8 Å². The van der Waals surface area contributed by atoms with Gasteiger partial charge in [-0.2, -0.15) is 0 Å². The van der Waals surface area contributed by atoms with Crippen LogP contribution in [0.3, 0.4) is 0 Å². The predicted molar refractivity (Wildman–Crippen MR) is 137 cm³/mol. The third-order valence-electron chi connectivity index (χ3n) is 5.62. The van der Waals surface area contributed by atoms with Crippen molar-refractivity contribution in [3.8, 4) is 34.3 Å². The third kappa shape index (κ3) is 4.57. The highest BCUT2D eigenvalue weighted by molar-refractivity contribution is 6.08. The highest BCUT2D eigenvalue weighted by Crippen LogP contribution is 2.41. The maximum Gasteiger partial charge on any atom is 0.323 e. The van der Waals surface area contributed by atoms with Crippen LogP contribution in [0.25, 0.3) is 33.4 Å². The number of nitrogens with one attached hydrogen (secondary N) is 1. The summed E-state index contributed by atoms with van der Waals surface area (Å²) in [7, 11) is 1.89. The number of fused-ring (bicyclic) bond motifs is 1. The number of rotatable bonds is 6. The minimum absolute atomic E-state index is 0.0241. The SMILES string of the molecule is C=C(C)C(=O)Nc1ccc(-c2c(-c3ccc(Oc4ncc(F)cn4)nc3)c3c(N)ncnc3n2C)cc1. The Bertz CT molecular complexity index is 1630. The van der Waals surface area contributed by atoms with E-state index in [9.17, 15) is 9.18 Å². The molecule has 184 valence electrons. The molecular weight excluding hydrogens is 475 g/mol. The van der Waals surface area contributed by atoms with Gasteiger partial charge in [-0.1, -0.05) is 18.7 Å². The van der Waals surface area contributed by atoms with Crippen molar-refractivity contribution in [3.63, 3.8) is 0 Å². The molecule has 0 aliphatic rings. The zero-order chi connectivity index (χ0) is 26.1. The van der Waals surface area contributed by atoms with Crippen molar-refractivity contribution in [1.82, 2.24) is 29.5 Å². The van der Waals surface area contributed by atoms with E-state index in [0.29, 0.717) is 28.1 Å². The Morgan fingerprint density at radius 1 is 1.00 bits per heavy atom. The number of hydrogen-bond donors (Lipinski definition) is 2. The number of nitrogens with two attached hydrogens (primary N) is 1. The molecule has 11 heteroatoms. The molecule has 1 aromatic carbocycles. The number of nitrogen functional groups attached to an aromatic ring is 1. The molecule has 0 spiro atoms. The Kier molecular flexibility index (Phi) is 6.02. The fraction of sp³-hybridized carbons (Fsp3) is 0.0769. The van der Waals surface area contributed by atoms with Crippen molar-refractivity contribution in [2.45, 2.75) is 6.92 Å². The van der Waals surface area contributed by atoms with Crippen LogP contribution in [-0.4, -0.2) is 35.4 Å². The van der Waals surface area contributed by atoms with E-state index in [0.717, 1.165) is 34.8 Å². The molecule has 37 heavy (non-hydrogen) atoms. The van der Waals surface area contributed by atoms with Gasteiger partial charge in [-0.05, 0) is 30.7 Å². The van der Waals surface area contributed by atoms with Crippen LogP contribution in [-0.2, 0) is 11.8 Å². The smallest absolute Gasteiger partial charge is 0.323 e. The van der Waals surface area contributed by atoms with Crippen LogP contribution in [0.15, 0.2) is 73.5 Å². The third-order valence-corrected chi connectivity index (χ3v) is 5.62. The number of nitrogens with zero attached hydrogens (tertiary/aromatic N) is 6. The number of halogens is 1. The molecule has 0 atom stereocenters. The molecule has 10 nitrogen and oxygen atoms in total. The summed E-state index contributed by atoms with van der Waals surface area (Å²) in [6.07, 6.45) is 5.07. The van der Waals surface area contributed by atoms with Gasteiger partial charge >= 0.3 is 6.01 Å². The van der Waals surface area contributed by atoms with Gasteiger partial charge in [0, 0.05) is 41.7 Å². The molecule has 0 unspecified atom stereocenters. The van der Waals surface area contributed by atoms with Crippen molar-refractivity contribution < 1.29 is 13.9 Å². The van der Waals surface area contributed by atoms with Gasteiger partial charge < -0.3 is 20.4 Å². The molecule has 0 bridgehead atoms. The first-order valence-corrected chi connectivity index (χ1v) is 11.1. The van der Waals surface area contributed by atoms with E-state index < -0.39 is 5.82 Å². The summed E-state index contributed by atoms with van der Waals surface area (Å²) in [5.41, 5.74) is 11.2. The van der Waals surface area contributed by atoms with Crippen molar-refractivity contribution >= 4 is 28.4 Å². The second-order valence-corrected chi connectivity index (χ2v) is 8.22. The quantitative estimate of drug-likeness (QED) is 0.328. The van der Waals surface area contributed by atoms with Crippen LogP contribution in [0.2, 0.25) is 0 Å². The summed E-state index contributed by atoms with van der Waals surface area (Å²) < 4.78 is 20.5. The minimum Gasteiger partial charge on any atom is -0.405 e. The second kappa shape index (κ2) is 9.46. The Hall–Kier alpha value is -5.19. The van der Waals surface area contributed by atoms with Gasteiger partial charge in [0.05, 0.1) is 23.5 Å². The van der Waals surface area contributed by atoms with Crippen molar-refractivity contribution in [1.29, 1.82) is 0 Å². The topological polar surface area (TPSA) is 134 Å². The minimum atomic E-state index is -0.565. The average molecular weight is 497 g/mol. The number of amides is 1. The normalized spacial score (nSPS) is 10.9. The molecule has 0 saturated heterocycles. The van der Waals surface area contributed by atoms with Crippen LogP contribution in [0.1, 0.15) is 6.92 Å². The number of carbonyl (C=O) groups excluding carboxylic acids is 1. The Balaban J connectivity index is 1.57. The first kappa shape index (κ1) is 23.5. The van der Waals surface area contributed by atoms with Gasteiger partial charge in [-0.25, -0.2) is 29.3 Å². The van der Waals surface area contributed by atoms with E-state index in [1.165, 1.54) is 6.33 Å². The van der Waals surface area contributed by atoms with E-state index in [1.807, 2.05) is 41.9 Å². The molecule has 5 rings (SSSR count). The first-order valence-electron chi connectivity index (χ1n) is 11.1. The molecule has 0 aliphatic heterocycles. The number of aryl methyl sites for hydroxylation is 1. The summed E-state index contributed by atoms with van der Waals surface area (Å²) in [6.45, 7) is 5.31. The van der Waals surface area contributed by atoms with Crippen LogP contribution in [0.4, 0.5) is 15.9 Å². The monoisotopic (exact) mass is 496 g/mol. The number of benzene rings is 1. The molecule has 0 saturated carbocycles. The number of anilines is 2. The number of carbonyl (C=O) groups is 1. The number of aromatic nitrogens is 6. The standard InChI is InChI=1S/C26H21FN8O2/c1-14(2)25(36)34-18-7-4-15(5-8-18)22-20(21-23(28)32-13-33-24(21)35(22)3)16-6-9-19(29-10-16)37-26-30-11-17(27)12-31-26/h4-13H,1H2,2-3H3,(H,34,36)(H2,28,32,33). The second-order valence-electron chi connectivity index (χ2n) is 8.22. The zero-order valence-electron chi connectivity index (χ0n) is 19.9. The summed E-state index contributed by atoms with van der Waals surface area (Å²) in [4.78, 5) is 32.6. The number of hydrogen-bond acceptors (Lipinski definition) is 8. The molecule has 4 aromatic heterocycles. The molecule has 3 N–H and O–H groups in total. The Morgan fingerprint density at radius 3 is 2.35 bits per heavy atom. The Labute approximate surface area is 210 Å². The van der Waals surface area contributed by atoms with Gasteiger partial charge in [0.15, 0.2) is 5.82 Å². The fourth-order valence-corrected chi connectivity index (χ4v) is 3.88. The largest absolute Gasteiger partial charge is 0.405 e. The van der Waals surface area contributed by atoms with Crippen LogP contribution in [0, 0.1) is 5.82 Å². The molecule has 5 aromatic rings. The summed E-state index contributed by atoms with van der Waals surface area (Å²) in [5.74, 6) is -0.253. The lowest BCUT2D eigenvalue weighted by Gasteiger charge is -2.11. The van der Waals surface area contributed by atoms with Crippen LogP contribution >= 0.6 is 0 Å². The van der Waals surface area contributed by atoms with E-state index >= 15 is 0 Å². The predicted octanol–water partition coefficient (Wildman–Crippen LogP) is 4.52. The van der Waals surface area contributed by atoms with Crippen molar-refractivity contribution in [3.05, 3.63) is 79.3 Å². The molecule has 0 fully saturated rings. The lowest BCUT2D eigenvalue weighted by molar-refractivity contribution is -0.112. The van der Waals surface area contributed by atoms with Crippen molar-refractivity contribution in [2.75, 3.05) is 11.1 Å². The summed E-state index contributed by atoms with van der Waals surface area (Å²) >= 11 is 0. The van der Waals surface area contributed by atoms with Crippen molar-refractivity contribution in [2.24, 2.45) is 7.05 Å².